The zero-order valence-electron chi connectivity index (χ0n) is 24.1. The van der Waals surface area contributed by atoms with E-state index in [2.05, 4.69) is 56.5 Å². The number of aryl methyl sites for hydroxylation is 1. The molecule has 4 nitrogen and oxygen atoms in total. The van der Waals surface area contributed by atoms with Gasteiger partial charge in [0, 0.05) is 17.1 Å². The maximum atomic E-state index is 14.3. The number of carbonyl (C=O) groups excluding carboxylic acids is 2. The van der Waals surface area contributed by atoms with Gasteiger partial charge in [-0.05, 0) is 83.4 Å². The molecule has 40 heavy (non-hydrogen) atoms. The lowest BCUT2D eigenvalue weighted by Crippen LogP contribution is -2.58. The molecule has 1 fully saturated rings. The summed E-state index contributed by atoms with van der Waals surface area (Å²) in [5, 5.41) is 6.75. The van der Waals surface area contributed by atoms with Crippen molar-refractivity contribution in [2.24, 2.45) is 11.3 Å². The number of fused-ring (bicyclic) bond motifs is 3. The Morgan fingerprint density at radius 2 is 1.75 bits per heavy atom. The van der Waals surface area contributed by atoms with Crippen LogP contribution in [0.5, 0.6) is 0 Å². The van der Waals surface area contributed by atoms with Gasteiger partial charge >= 0.3 is 0 Å². The molecule has 0 heterocycles. The number of benzene rings is 3. The number of carbonyl (C=O) groups is 2. The maximum Gasteiger partial charge on any atom is 0.247 e. The topological polar surface area (TPSA) is 58.2 Å². The van der Waals surface area contributed by atoms with Crippen molar-refractivity contribution in [3.05, 3.63) is 100 Å². The van der Waals surface area contributed by atoms with Crippen LogP contribution in [0.3, 0.4) is 0 Å². The van der Waals surface area contributed by atoms with Crippen molar-refractivity contribution in [3.8, 4) is 0 Å². The standard InChI is InChI=1S/C35H41ClN2O2/c1-23(2)25-14-16-29-26(21-25)15-17-31-34(29,3)18-9-19-35(31,4)33(40)38-30(20-24-10-6-5-7-11-24)32(39)37-28-13-8-12-27(36)22-28/h5-8,10-14,16,21-23,30-31H,9,15,17-20H2,1-4H3,(H,37,39)(H,38,40)/t30-,31-,34-,35-/m1/s1. The summed E-state index contributed by atoms with van der Waals surface area (Å²) >= 11 is 6.16. The molecular formula is C35H41ClN2O2. The highest BCUT2D eigenvalue weighted by Crippen LogP contribution is 2.57. The first-order chi connectivity index (χ1) is 19.1. The summed E-state index contributed by atoms with van der Waals surface area (Å²) < 4.78 is 0. The summed E-state index contributed by atoms with van der Waals surface area (Å²) in [4.78, 5) is 27.9. The third-order valence-corrected chi connectivity index (χ3v) is 9.79. The predicted octanol–water partition coefficient (Wildman–Crippen LogP) is 7.84. The fourth-order valence-corrected chi connectivity index (χ4v) is 7.51. The summed E-state index contributed by atoms with van der Waals surface area (Å²) in [6.45, 7) is 8.98. The zero-order valence-corrected chi connectivity index (χ0v) is 24.9. The van der Waals surface area contributed by atoms with Gasteiger partial charge in [0.1, 0.15) is 6.04 Å². The quantitative estimate of drug-likeness (QED) is 0.311. The Labute approximate surface area is 243 Å². The fourth-order valence-electron chi connectivity index (χ4n) is 7.32. The molecule has 2 aliphatic carbocycles. The number of nitrogens with one attached hydrogen (secondary N) is 2. The number of hydrogen-bond acceptors (Lipinski definition) is 2. The minimum absolute atomic E-state index is 0.0205. The van der Waals surface area contributed by atoms with Crippen LogP contribution in [0.2, 0.25) is 5.02 Å². The Balaban J connectivity index is 1.41. The fraction of sp³-hybridized carbons (Fsp3) is 0.429. The van der Waals surface area contributed by atoms with E-state index < -0.39 is 11.5 Å². The third-order valence-electron chi connectivity index (χ3n) is 9.56. The Hall–Kier alpha value is -3.11. The van der Waals surface area contributed by atoms with E-state index in [0.29, 0.717) is 23.0 Å². The van der Waals surface area contributed by atoms with E-state index >= 15 is 0 Å². The number of halogens is 1. The summed E-state index contributed by atoms with van der Waals surface area (Å²) in [7, 11) is 0. The van der Waals surface area contributed by atoms with E-state index in [1.807, 2.05) is 36.4 Å². The zero-order chi connectivity index (χ0) is 28.5. The Kier molecular flexibility index (Phi) is 8.10. The van der Waals surface area contributed by atoms with Gasteiger partial charge in [-0.25, -0.2) is 0 Å². The van der Waals surface area contributed by atoms with Crippen LogP contribution in [-0.2, 0) is 27.8 Å². The van der Waals surface area contributed by atoms with Crippen LogP contribution in [-0.4, -0.2) is 17.9 Å². The lowest BCUT2D eigenvalue weighted by Gasteiger charge is -2.54. The highest BCUT2D eigenvalue weighted by Gasteiger charge is 2.55. The maximum absolute atomic E-state index is 14.3. The molecule has 0 bridgehead atoms. The van der Waals surface area contributed by atoms with Crippen LogP contribution in [0.1, 0.15) is 81.5 Å². The molecule has 3 aromatic carbocycles. The molecular weight excluding hydrogens is 516 g/mol. The van der Waals surface area contributed by atoms with Crippen molar-refractivity contribution in [1.29, 1.82) is 0 Å². The molecule has 0 unspecified atom stereocenters. The minimum atomic E-state index is -0.705. The molecule has 5 heteroatoms. The van der Waals surface area contributed by atoms with Crippen molar-refractivity contribution >= 4 is 29.1 Å². The molecule has 2 aliphatic rings. The molecule has 3 aromatic rings. The number of amides is 2. The van der Waals surface area contributed by atoms with Crippen molar-refractivity contribution in [2.75, 3.05) is 5.32 Å². The Bertz CT molecular complexity index is 1390. The molecule has 2 amide bonds. The van der Waals surface area contributed by atoms with E-state index in [-0.39, 0.29) is 23.1 Å². The van der Waals surface area contributed by atoms with Gasteiger partial charge in [-0.15, -0.1) is 0 Å². The second-order valence-corrected chi connectivity index (χ2v) is 13.0. The van der Waals surface area contributed by atoms with Crippen LogP contribution >= 0.6 is 11.6 Å². The summed E-state index contributed by atoms with van der Waals surface area (Å²) in [5.74, 6) is 0.446. The van der Waals surface area contributed by atoms with Crippen LogP contribution in [0.15, 0.2) is 72.8 Å². The SMILES string of the molecule is CC(C)c1ccc2c(c1)CC[C@H]1[C@](C)(C(=O)N[C@H](Cc3ccccc3)C(=O)Nc3cccc(Cl)c3)CCC[C@]21C. The highest BCUT2D eigenvalue weighted by atomic mass is 35.5. The van der Waals surface area contributed by atoms with Gasteiger partial charge < -0.3 is 10.6 Å². The monoisotopic (exact) mass is 556 g/mol. The van der Waals surface area contributed by atoms with Crippen molar-refractivity contribution in [3.63, 3.8) is 0 Å². The predicted molar refractivity (Wildman–Crippen MR) is 164 cm³/mol. The van der Waals surface area contributed by atoms with Crippen molar-refractivity contribution < 1.29 is 9.59 Å². The van der Waals surface area contributed by atoms with Crippen LogP contribution in [0.25, 0.3) is 0 Å². The molecule has 4 atom stereocenters. The van der Waals surface area contributed by atoms with Gasteiger partial charge in [0.15, 0.2) is 0 Å². The van der Waals surface area contributed by atoms with Gasteiger partial charge in [-0.2, -0.15) is 0 Å². The average Bonchev–Trinajstić information content (AvgIpc) is 2.92. The third kappa shape index (κ3) is 5.56. The van der Waals surface area contributed by atoms with Crippen LogP contribution in [0.4, 0.5) is 5.69 Å². The molecule has 0 radical (unpaired) electrons. The molecule has 2 N–H and O–H groups in total. The Morgan fingerprint density at radius 3 is 2.48 bits per heavy atom. The molecule has 0 aliphatic heterocycles. The first kappa shape index (κ1) is 28.4. The first-order valence-corrected chi connectivity index (χ1v) is 15.0. The largest absolute Gasteiger partial charge is 0.343 e. The van der Waals surface area contributed by atoms with Gasteiger partial charge in [0.05, 0.1) is 5.41 Å². The lowest BCUT2D eigenvalue weighted by atomic mass is 9.49. The van der Waals surface area contributed by atoms with Gasteiger partial charge in [-0.3, -0.25) is 9.59 Å². The number of rotatable bonds is 7. The van der Waals surface area contributed by atoms with Gasteiger partial charge in [0.25, 0.3) is 0 Å². The molecule has 0 aromatic heterocycles. The van der Waals surface area contributed by atoms with E-state index in [1.54, 1.807) is 18.2 Å². The average molecular weight is 557 g/mol. The number of anilines is 1. The number of hydrogen-bond donors (Lipinski definition) is 2. The summed E-state index contributed by atoms with van der Waals surface area (Å²) in [5.41, 5.74) is 5.22. The van der Waals surface area contributed by atoms with Crippen molar-refractivity contribution in [1.82, 2.24) is 5.32 Å². The first-order valence-electron chi connectivity index (χ1n) is 14.6. The van der Waals surface area contributed by atoms with Gasteiger partial charge in [0.2, 0.25) is 11.8 Å². The molecule has 210 valence electrons. The second-order valence-electron chi connectivity index (χ2n) is 12.6. The van der Waals surface area contributed by atoms with E-state index in [0.717, 1.165) is 37.7 Å². The van der Waals surface area contributed by atoms with E-state index in [1.165, 1.54) is 16.7 Å². The molecule has 0 saturated heterocycles. The van der Waals surface area contributed by atoms with Crippen LogP contribution < -0.4 is 10.6 Å². The minimum Gasteiger partial charge on any atom is -0.343 e. The second kappa shape index (κ2) is 11.4. The molecule has 0 spiro atoms. The van der Waals surface area contributed by atoms with Crippen molar-refractivity contribution in [2.45, 2.75) is 83.6 Å². The smallest absolute Gasteiger partial charge is 0.247 e. The van der Waals surface area contributed by atoms with E-state index in [9.17, 15) is 9.59 Å². The Morgan fingerprint density at radius 1 is 0.975 bits per heavy atom. The normalized spacial score (nSPS) is 24.5. The molecule has 5 rings (SSSR count). The summed E-state index contributed by atoms with van der Waals surface area (Å²) in [6, 6.07) is 23.3. The van der Waals surface area contributed by atoms with Gasteiger partial charge in [-0.1, -0.05) is 100 Å². The summed E-state index contributed by atoms with van der Waals surface area (Å²) in [6.07, 6.45) is 5.27. The van der Waals surface area contributed by atoms with Crippen LogP contribution in [0, 0.1) is 11.3 Å². The highest BCUT2D eigenvalue weighted by molar-refractivity contribution is 6.30. The lowest BCUT2D eigenvalue weighted by molar-refractivity contribution is -0.141. The van der Waals surface area contributed by atoms with E-state index in [4.69, 9.17) is 11.6 Å². The molecule has 1 saturated carbocycles.